The Balaban J connectivity index is 1.47. The Hall–Kier alpha value is -3.16. The highest BCUT2D eigenvalue weighted by Gasteiger charge is 2.49. The number of nitrogens with zero attached hydrogens (tertiary/aromatic N) is 2. The number of imidazole rings is 1. The number of rotatable bonds is 15. The van der Waals surface area contributed by atoms with Crippen LogP contribution in [0, 0.1) is 6.92 Å². The molecule has 2 N–H and O–H groups in total. The number of benzene rings is 2. The van der Waals surface area contributed by atoms with E-state index in [9.17, 15) is 4.79 Å². The first-order valence-corrected chi connectivity index (χ1v) is 14.3. The molecule has 2 atom stereocenters. The van der Waals surface area contributed by atoms with Gasteiger partial charge in [0.25, 0.3) is 0 Å². The maximum absolute atomic E-state index is 13.9. The van der Waals surface area contributed by atoms with Gasteiger partial charge in [0.15, 0.2) is 0 Å². The first-order valence-electron chi connectivity index (χ1n) is 14.3. The monoisotopic (exact) mass is 532 g/mol. The number of unbranched alkanes of at least 4 members (excludes halogenated alkanes) is 1. The standard InChI is InChI=1S/C32H44N4O3/c1-5-7-18-39-32(28-11-9-8-10-24(28)3)21-36(22-32)31(37)29(19-25-12-14-27(38-4)15-13-25)34-17-16-26(6-2)30-20-33-23-35-30/h8-15,20,23,26,29,34H,5-7,16-19,21-22H2,1-4H3,(H,33,35). The molecule has 0 radical (unpaired) electrons. The van der Waals surface area contributed by atoms with Gasteiger partial charge in [-0.3, -0.25) is 4.79 Å². The summed E-state index contributed by atoms with van der Waals surface area (Å²) in [7, 11) is 1.67. The van der Waals surface area contributed by atoms with Crippen LogP contribution in [0.2, 0.25) is 0 Å². The summed E-state index contributed by atoms with van der Waals surface area (Å²) >= 11 is 0. The summed E-state index contributed by atoms with van der Waals surface area (Å²) in [6.07, 6.45) is 8.29. The van der Waals surface area contributed by atoms with Crippen molar-refractivity contribution < 1.29 is 14.3 Å². The number of H-pyrrole nitrogens is 1. The maximum Gasteiger partial charge on any atom is 0.240 e. The van der Waals surface area contributed by atoms with Gasteiger partial charge >= 0.3 is 0 Å². The zero-order valence-corrected chi connectivity index (χ0v) is 23.9. The topological polar surface area (TPSA) is 79.5 Å². The average Bonchev–Trinajstić information content (AvgIpc) is 3.47. The molecule has 7 nitrogen and oxygen atoms in total. The van der Waals surface area contributed by atoms with E-state index in [1.54, 1.807) is 13.4 Å². The van der Waals surface area contributed by atoms with Crippen molar-refractivity contribution in [1.29, 1.82) is 0 Å². The second-order valence-electron chi connectivity index (χ2n) is 10.7. The first-order chi connectivity index (χ1) is 19.0. The number of amides is 1. The smallest absolute Gasteiger partial charge is 0.240 e. The molecular formula is C32H44N4O3. The van der Waals surface area contributed by atoms with E-state index in [1.807, 2.05) is 35.4 Å². The minimum Gasteiger partial charge on any atom is -0.497 e. The van der Waals surface area contributed by atoms with Gasteiger partial charge in [-0.25, -0.2) is 4.98 Å². The van der Waals surface area contributed by atoms with Crippen LogP contribution in [0.1, 0.15) is 67.8 Å². The van der Waals surface area contributed by atoms with Gasteiger partial charge in [0, 0.05) is 24.4 Å². The summed E-state index contributed by atoms with van der Waals surface area (Å²) in [5.74, 6) is 1.32. The molecule has 4 rings (SSSR count). The van der Waals surface area contributed by atoms with Gasteiger partial charge < -0.3 is 24.7 Å². The van der Waals surface area contributed by atoms with E-state index in [1.165, 1.54) is 11.1 Å². The van der Waals surface area contributed by atoms with Crippen molar-refractivity contribution in [1.82, 2.24) is 20.2 Å². The van der Waals surface area contributed by atoms with Crippen molar-refractivity contribution in [3.8, 4) is 5.75 Å². The van der Waals surface area contributed by atoms with E-state index in [0.29, 0.717) is 32.0 Å². The van der Waals surface area contributed by atoms with Crippen molar-refractivity contribution in [2.24, 2.45) is 0 Å². The Morgan fingerprint density at radius 1 is 1.15 bits per heavy atom. The van der Waals surface area contributed by atoms with Crippen LogP contribution in [-0.2, 0) is 21.6 Å². The molecule has 1 aromatic heterocycles. The Morgan fingerprint density at radius 2 is 1.92 bits per heavy atom. The summed E-state index contributed by atoms with van der Waals surface area (Å²) in [6, 6.07) is 16.1. The van der Waals surface area contributed by atoms with Gasteiger partial charge in [0.05, 0.1) is 32.6 Å². The summed E-state index contributed by atoms with van der Waals surface area (Å²) < 4.78 is 11.8. The van der Waals surface area contributed by atoms with Crippen LogP contribution in [0.4, 0.5) is 0 Å². The fraction of sp³-hybridized carbons (Fsp3) is 0.500. The van der Waals surface area contributed by atoms with Gasteiger partial charge in [-0.1, -0.05) is 56.7 Å². The third-order valence-corrected chi connectivity index (χ3v) is 7.95. The van der Waals surface area contributed by atoms with E-state index in [4.69, 9.17) is 9.47 Å². The Bertz CT molecular complexity index is 1160. The van der Waals surface area contributed by atoms with Crippen LogP contribution in [0.3, 0.4) is 0 Å². The fourth-order valence-electron chi connectivity index (χ4n) is 5.53. The van der Waals surface area contributed by atoms with Crippen molar-refractivity contribution in [2.75, 3.05) is 33.4 Å². The van der Waals surface area contributed by atoms with Crippen LogP contribution in [0.5, 0.6) is 5.75 Å². The highest BCUT2D eigenvalue weighted by Crippen LogP contribution is 2.38. The lowest BCUT2D eigenvalue weighted by Crippen LogP contribution is -2.66. The Morgan fingerprint density at radius 3 is 2.56 bits per heavy atom. The van der Waals surface area contributed by atoms with Crippen molar-refractivity contribution in [2.45, 2.75) is 70.4 Å². The molecule has 0 saturated carbocycles. The predicted octanol–water partition coefficient (Wildman–Crippen LogP) is 5.37. The number of aromatic nitrogens is 2. The molecule has 2 unspecified atom stereocenters. The van der Waals surface area contributed by atoms with Crippen molar-refractivity contribution >= 4 is 5.91 Å². The Labute approximate surface area is 233 Å². The lowest BCUT2D eigenvalue weighted by atomic mass is 9.82. The summed E-state index contributed by atoms with van der Waals surface area (Å²) in [6.45, 7) is 9.09. The van der Waals surface area contributed by atoms with Crippen molar-refractivity contribution in [3.05, 3.63) is 83.4 Å². The van der Waals surface area contributed by atoms with Crippen molar-refractivity contribution in [3.63, 3.8) is 0 Å². The molecule has 1 fully saturated rings. The number of methoxy groups -OCH3 is 1. The number of carbonyl (C=O) groups is 1. The number of ether oxygens (including phenoxy) is 2. The third kappa shape index (κ3) is 7.08. The zero-order chi connectivity index (χ0) is 27.7. The minimum absolute atomic E-state index is 0.128. The van der Waals surface area contributed by atoms with E-state index < -0.39 is 5.60 Å². The highest BCUT2D eigenvalue weighted by atomic mass is 16.5. The van der Waals surface area contributed by atoms with Crippen LogP contribution in [0.25, 0.3) is 0 Å². The summed E-state index contributed by atoms with van der Waals surface area (Å²) in [4.78, 5) is 23.3. The normalized spacial score (nSPS) is 15.9. The molecule has 210 valence electrons. The molecule has 7 heteroatoms. The summed E-state index contributed by atoms with van der Waals surface area (Å²) in [5, 5.41) is 3.61. The number of aryl methyl sites for hydroxylation is 1. The molecule has 0 aliphatic carbocycles. The van der Waals surface area contributed by atoms with E-state index in [0.717, 1.165) is 49.2 Å². The fourth-order valence-corrected chi connectivity index (χ4v) is 5.53. The van der Waals surface area contributed by atoms with E-state index in [2.05, 4.69) is 60.3 Å². The minimum atomic E-state index is -0.436. The largest absolute Gasteiger partial charge is 0.497 e. The number of aromatic amines is 1. The highest BCUT2D eigenvalue weighted by molar-refractivity contribution is 5.83. The molecule has 2 aromatic carbocycles. The molecule has 1 aliphatic rings. The molecule has 1 aliphatic heterocycles. The predicted molar refractivity (Wildman–Crippen MR) is 155 cm³/mol. The number of hydrogen-bond donors (Lipinski definition) is 2. The second-order valence-corrected chi connectivity index (χ2v) is 10.7. The average molecular weight is 533 g/mol. The molecule has 3 aromatic rings. The quantitative estimate of drug-likeness (QED) is 0.258. The molecule has 1 amide bonds. The first kappa shape index (κ1) is 28.8. The maximum atomic E-state index is 13.9. The SMILES string of the molecule is CCCCOC1(c2ccccc2C)CN(C(=O)C(Cc2ccc(OC)cc2)NCCC(CC)c2cnc[nH]2)C1. The molecule has 0 spiro atoms. The van der Waals surface area contributed by atoms with E-state index >= 15 is 0 Å². The van der Waals surface area contributed by atoms with Gasteiger partial charge in [-0.15, -0.1) is 0 Å². The lowest BCUT2D eigenvalue weighted by molar-refractivity contribution is -0.175. The summed E-state index contributed by atoms with van der Waals surface area (Å²) in [5.41, 5.74) is 4.21. The molecular weight excluding hydrogens is 488 g/mol. The number of nitrogens with one attached hydrogen (secondary N) is 2. The third-order valence-electron chi connectivity index (χ3n) is 7.95. The second kappa shape index (κ2) is 13.8. The van der Waals surface area contributed by atoms with Gasteiger partial charge in [-0.05, 0) is 68.0 Å². The number of carbonyl (C=O) groups excluding carboxylic acids is 1. The van der Waals surface area contributed by atoms with Gasteiger partial charge in [0.1, 0.15) is 11.4 Å². The van der Waals surface area contributed by atoms with Crippen LogP contribution in [0.15, 0.2) is 61.1 Å². The number of hydrogen-bond acceptors (Lipinski definition) is 5. The molecule has 2 heterocycles. The van der Waals surface area contributed by atoms with Gasteiger partial charge in [0.2, 0.25) is 5.91 Å². The number of likely N-dealkylation sites (tertiary alicyclic amines) is 1. The van der Waals surface area contributed by atoms with Gasteiger partial charge in [-0.2, -0.15) is 0 Å². The van der Waals surface area contributed by atoms with E-state index in [-0.39, 0.29) is 11.9 Å². The zero-order valence-electron chi connectivity index (χ0n) is 23.9. The van der Waals surface area contributed by atoms with Crippen LogP contribution >= 0.6 is 0 Å². The lowest BCUT2D eigenvalue weighted by Gasteiger charge is -2.51. The molecule has 39 heavy (non-hydrogen) atoms. The van der Waals surface area contributed by atoms with Crippen LogP contribution < -0.4 is 10.1 Å². The van der Waals surface area contributed by atoms with Crippen LogP contribution in [-0.4, -0.2) is 60.2 Å². The Kier molecular flexibility index (Phi) is 10.2. The molecule has 0 bridgehead atoms. The molecule has 1 saturated heterocycles.